The van der Waals surface area contributed by atoms with E-state index in [1.54, 1.807) is 11.3 Å². The fourth-order valence-corrected chi connectivity index (χ4v) is 7.73. The number of aromatic nitrogens is 1. The lowest BCUT2D eigenvalue weighted by Gasteiger charge is -2.18. The third-order valence-electron chi connectivity index (χ3n) is 8.66. The summed E-state index contributed by atoms with van der Waals surface area (Å²) in [4.78, 5) is 5.18. The lowest BCUT2D eigenvalue weighted by atomic mass is 9.85. The maximum atomic E-state index is 5.18. The van der Waals surface area contributed by atoms with Crippen LogP contribution in [0.2, 0.25) is 0 Å². The molecule has 9 aromatic rings. The van der Waals surface area contributed by atoms with Gasteiger partial charge in [0.2, 0.25) is 0 Å². The predicted octanol–water partition coefficient (Wildman–Crippen LogP) is 11.9. The van der Waals surface area contributed by atoms with Crippen LogP contribution in [0, 0.1) is 0 Å². The number of hydrogen-bond donors (Lipinski definition) is 0. The average molecular weight is 564 g/mol. The van der Waals surface area contributed by atoms with Gasteiger partial charge in [0.05, 0.1) is 10.2 Å². The van der Waals surface area contributed by atoms with Gasteiger partial charge >= 0.3 is 0 Å². The van der Waals surface area contributed by atoms with Gasteiger partial charge < -0.3 is 0 Å². The third kappa shape index (κ3) is 3.81. The molecule has 43 heavy (non-hydrogen) atoms. The topological polar surface area (TPSA) is 12.9 Å². The van der Waals surface area contributed by atoms with Crippen molar-refractivity contribution in [1.82, 2.24) is 4.98 Å². The molecule has 0 fully saturated rings. The Bertz CT molecular complexity index is 2430. The minimum absolute atomic E-state index is 1.06. The van der Waals surface area contributed by atoms with Gasteiger partial charge in [-0.3, -0.25) is 0 Å². The molecule has 0 spiro atoms. The second kappa shape index (κ2) is 9.62. The zero-order valence-electron chi connectivity index (χ0n) is 23.3. The normalized spacial score (nSPS) is 11.7. The van der Waals surface area contributed by atoms with Crippen LogP contribution in [0.1, 0.15) is 0 Å². The summed E-state index contributed by atoms with van der Waals surface area (Å²) in [7, 11) is 0. The van der Waals surface area contributed by atoms with Crippen LogP contribution in [-0.2, 0) is 0 Å². The van der Waals surface area contributed by atoms with E-state index in [2.05, 4.69) is 152 Å². The van der Waals surface area contributed by atoms with Gasteiger partial charge in [0.15, 0.2) is 0 Å². The summed E-state index contributed by atoms with van der Waals surface area (Å²) in [6, 6.07) is 54.9. The van der Waals surface area contributed by atoms with Crippen LogP contribution in [-0.4, -0.2) is 4.98 Å². The van der Waals surface area contributed by atoms with Crippen LogP contribution >= 0.6 is 11.3 Å². The van der Waals surface area contributed by atoms with Crippen LogP contribution in [0.5, 0.6) is 0 Å². The van der Waals surface area contributed by atoms with E-state index in [-0.39, 0.29) is 0 Å². The van der Waals surface area contributed by atoms with E-state index in [9.17, 15) is 0 Å². The highest BCUT2D eigenvalue weighted by Gasteiger charge is 2.17. The highest BCUT2D eigenvalue weighted by Crippen LogP contribution is 2.45. The van der Waals surface area contributed by atoms with Crippen molar-refractivity contribution < 1.29 is 0 Å². The van der Waals surface area contributed by atoms with Gasteiger partial charge in [-0.25, -0.2) is 4.98 Å². The van der Waals surface area contributed by atoms with Crippen LogP contribution in [0.25, 0.3) is 86.1 Å². The first kappa shape index (κ1) is 24.3. The SMILES string of the molecule is c1ccc(-c2nc3c(ccc4ccc5cc(-c6c7ccccc7c(-c7ccccc7)c7ccccc67)ccc5c43)s2)cc1. The molecule has 9 rings (SSSR count). The van der Waals surface area contributed by atoms with Crippen molar-refractivity contribution in [2.75, 3.05) is 0 Å². The molecule has 200 valence electrons. The Morgan fingerprint density at radius 1 is 0.395 bits per heavy atom. The molecular weight excluding hydrogens is 539 g/mol. The lowest BCUT2D eigenvalue weighted by molar-refractivity contribution is 1.49. The smallest absolute Gasteiger partial charge is 0.124 e. The zero-order valence-corrected chi connectivity index (χ0v) is 24.1. The molecule has 0 atom stereocenters. The highest BCUT2D eigenvalue weighted by molar-refractivity contribution is 7.21. The largest absolute Gasteiger partial charge is 0.235 e. The molecule has 0 aliphatic heterocycles. The van der Waals surface area contributed by atoms with Crippen molar-refractivity contribution in [3.8, 4) is 32.8 Å². The number of benzene rings is 8. The van der Waals surface area contributed by atoms with Crippen LogP contribution in [0.4, 0.5) is 0 Å². The fraction of sp³-hybridized carbons (Fsp3) is 0. The Morgan fingerprint density at radius 3 is 1.58 bits per heavy atom. The molecule has 1 aromatic heterocycles. The molecule has 8 aromatic carbocycles. The Morgan fingerprint density at radius 2 is 0.930 bits per heavy atom. The van der Waals surface area contributed by atoms with E-state index >= 15 is 0 Å². The number of nitrogens with zero attached hydrogens (tertiary/aromatic N) is 1. The van der Waals surface area contributed by atoms with Crippen molar-refractivity contribution in [2.45, 2.75) is 0 Å². The first-order valence-electron chi connectivity index (χ1n) is 14.6. The molecule has 0 bridgehead atoms. The molecular formula is C41H25NS. The van der Waals surface area contributed by atoms with Crippen molar-refractivity contribution in [1.29, 1.82) is 0 Å². The lowest BCUT2D eigenvalue weighted by Crippen LogP contribution is -1.91. The van der Waals surface area contributed by atoms with E-state index in [1.807, 2.05) is 0 Å². The average Bonchev–Trinajstić information content (AvgIpc) is 3.52. The Kier molecular flexibility index (Phi) is 5.44. The summed E-state index contributed by atoms with van der Waals surface area (Å²) in [5.41, 5.74) is 7.30. The quantitative estimate of drug-likeness (QED) is 0.154. The summed E-state index contributed by atoms with van der Waals surface area (Å²) in [6.07, 6.45) is 0. The Hall–Kier alpha value is -5.31. The maximum absolute atomic E-state index is 5.18. The van der Waals surface area contributed by atoms with E-state index in [0.29, 0.717) is 0 Å². The molecule has 0 radical (unpaired) electrons. The fourth-order valence-electron chi connectivity index (χ4n) is 6.75. The predicted molar refractivity (Wildman–Crippen MR) is 186 cm³/mol. The summed E-state index contributed by atoms with van der Waals surface area (Å²) >= 11 is 1.76. The summed E-state index contributed by atoms with van der Waals surface area (Å²) in [6.45, 7) is 0. The van der Waals surface area contributed by atoms with Crippen LogP contribution < -0.4 is 0 Å². The Balaban J connectivity index is 1.31. The van der Waals surface area contributed by atoms with E-state index in [0.717, 1.165) is 16.1 Å². The third-order valence-corrected chi connectivity index (χ3v) is 9.73. The Labute approximate surface area is 253 Å². The molecule has 0 saturated heterocycles. The summed E-state index contributed by atoms with van der Waals surface area (Å²) in [5, 5.41) is 11.1. The van der Waals surface area contributed by atoms with Crippen molar-refractivity contribution in [2.24, 2.45) is 0 Å². The minimum Gasteiger partial charge on any atom is -0.235 e. The molecule has 0 unspecified atom stereocenters. The van der Waals surface area contributed by atoms with Gasteiger partial charge in [-0.1, -0.05) is 140 Å². The highest BCUT2D eigenvalue weighted by atomic mass is 32.1. The van der Waals surface area contributed by atoms with Crippen LogP contribution in [0.15, 0.2) is 152 Å². The first-order chi connectivity index (χ1) is 21.3. The van der Waals surface area contributed by atoms with E-state index in [4.69, 9.17) is 4.98 Å². The minimum atomic E-state index is 1.06. The van der Waals surface area contributed by atoms with Gasteiger partial charge in [-0.05, 0) is 72.1 Å². The summed E-state index contributed by atoms with van der Waals surface area (Å²) < 4.78 is 1.22. The van der Waals surface area contributed by atoms with Crippen molar-refractivity contribution >= 4 is 64.6 Å². The monoisotopic (exact) mass is 563 g/mol. The second-order valence-corrected chi connectivity index (χ2v) is 12.1. The standard InChI is InChI=1S/C41H25NS/c1-3-11-26(12-4-1)37-32-15-7-9-17-34(32)38(35-18-10-8-16-33(35)37)30-21-23-31-29(25-30)20-19-27-22-24-36-40(39(27)31)42-41(43-36)28-13-5-2-6-14-28/h1-25H. The molecule has 0 aliphatic rings. The molecule has 1 nitrogen and oxygen atoms in total. The first-order valence-corrected chi connectivity index (χ1v) is 15.5. The summed E-state index contributed by atoms with van der Waals surface area (Å²) in [5.74, 6) is 0. The molecule has 2 heteroatoms. The maximum Gasteiger partial charge on any atom is 0.124 e. The number of rotatable bonds is 3. The number of thiazole rings is 1. The van der Waals surface area contributed by atoms with Gasteiger partial charge in [-0.2, -0.15) is 0 Å². The van der Waals surface area contributed by atoms with E-state index < -0.39 is 0 Å². The van der Waals surface area contributed by atoms with Gasteiger partial charge in [0.1, 0.15) is 5.01 Å². The number of fused-ring (bicyclic) bond motifs is 7. The van der Waals surface area contributed by atoms with Gasteiger partial charge in [-0.15, -0.1) is 11.3 Å². The van der Waals surface area contributed by atoms with Crippen LogP contribution in [0.3, 0.4) is 0 Å². The molecule has 0 saturated carbocycles. The van der Waals surface area contributed by atoms with Crippen molar-refractivity contribution in [3.63, 3.8) is 0 Å². The zero-order chi connectivity index (χ0) is 28.3. The second-order valence-electron chi connectivity index (χ2n) is 11.1. The van der Waals surface area contributed by atoms with Gasteiger partial charge in [0.25, 0.3) is 0 Å². The van der Waals surface area contributed by atoms with Crippen molar-refractivity contribution in [3.05, 3.63) is 152 Å². The molecule has 0 aliphatic carbocycles. The molecule has 0 N–H and O–H groups in total. The molecule has 1 heterocycles. The van der Waals surface area contributed by atoms with E-state index in [1.165, 1.54) is 70.0 Å². The number of hydrogen-bond acceptors (Lipinski definition) is 2. The van der Waals surface area contributed by atoms with Gasteiger partial charge in [0, 0.05) is 10.9 Å². The molecule has 0 amide bonds.